The molecule has 0 aliphatic carbocycles. The van der Waals surface area contributed by atoms with Crippen LogP contribution >= 0.6 is 11.6 Å². The number of benzene rings is 2. The first-order chi connectivity index (χ1) is 14.6. The number of urea groups is 1. The van der Waals surface area contributed by atoms with Crippen molar-refractivity contribution in [3.63, 3.8) is 0 Å². The molecule has 0 N–H and O–H groups in total. The summed E-state index contributed by atoms with van der Waals surface area (Å²) in [6.07, 6.45) is 1.47. The van der Waals surface area contributed by atoms with Crippen LogP contribution in [0.5, 0.6) is 0 Å². The molecular weight excluding hydrogens is 400 g/mol. The first-order valence-electron chi connectivity index (χ1n) is 10.6. The van der Waals surface area contributed by atoms with E-state index in [-0.39, 0.29) is 30.4 Å². The monoisotopic (exact) mass is 424 g/mol. The zero-order valence-electron chi connectivity index (χ0n) is 16.8. The molecule has 3 aliphatic rings. The third-order valence-corrected chi connectivity index (χ3v) is 6.90. The van der Waals surface area contributed by atoms with Crippen molar-refractivity contribution in [1.82, 2.24) is 9.80 Å². The highest BCUT2D eigenvalue weighted by Crippen LogP contribution is 2.35. The first kappa shape index (κ1) is 19.6. The van der Waals surface area contributed by atoms with Crippen LogP contribution in [0, 0.1) is 5.92 Å². The summed E-state index contributed by atoms with van der Waals surface area (Å²) in [6.45, 7) is 2.97. The number of hydrogen-bond acceptors (Lipinski definition) is 3. The van der Waals surface area contributed by atoms with Crippen molar-refractivity contribution in [2.24, 2.45) is 5.92 Å². The van der Waals surface area contributed by atoms with Crippen molar-refractivity contribution in [1.29, 1.82) is 0 Å². The van der Waals surface area contributed by atoms with Crippen LogP contribution in [0.15, 0.2) is 48.5 Å². The minimum Gasteiger partial charge on any atom is -0.370 e. The van der Waals surface area contributed by atoms with Crippen molar-refractivity contribution in [2.45, 2.75) is 24.9 Å². The van der Waals surface area contributed by atoms with Crippen molar-refractivity contribution in [3.05, 3.63) is 59.1 Å². The third kappa shape index (κ3) is 3.72. The summed E-state index contributed by atoms with van der Waals surface area (Å²) in [5, 5.41) is 0.743. The summed E-state index contributed by atoms with van der Waals surface area (Å²) in [7, 11) is 0. The fourth-order valence-electron chi connectivity index (χ4n) is 4.83. The lowest BCUT2D eigenvalue weighted by Crippen LogP contribution is -2.58. The number of halogens is 1. The largest absolute Gasteiger partial charge is 0.370 e. The Balaban J connectivity index is 1.20. The molecule has 3 saturated heterocycles. The Morgan fingerprint density at radius 1 is 1.03 bits per heavy atom. The standard InChI is InChI=1S/C24H25ClN2O3/c25-22-11-17(6-7-21(22)16-4-2-1-3-5-16)19-13-27(14-19)24(29)26-9-8-23-18(12-26)10-20(28)15-30-23/h1-7,11,18-19,23H,8-10,12-15H2/t18-,23+/m1/s1. The van der Waals surface area contributed by atoms with E-state index >= 15 is 0 Å². The van der Waals surface area contributed by atoms with Gasteiger partial charge in [-0.15, -0.1) is 0 Å². The molecule has 3 aliphatic heterocycles. The molecule has 6 heteroatoms. The predicted octanol–water partition coefficient (Wildman–Crippen LogP) is 4.21. The maximum Gasteiger partial charge on any atom is 0.320 e. The highest BCUT2D eigenvalue weighted by Gasteiger charge is 2.40. The average molecular weight is 425 g/mol. The Kier molecular flexibility index (Phi) is 5.25. The van der Waals surface area contributed by atoms with Gasteiger partial charge >= 0.3 is 6.03 Å². The van der Waals surface area contributed by atoms with Crippen molar-refractivity contribution >= 4 is 23.4 Å². The van der Waals surface area contributed by atoms with Crippen molar-refractivity contribution < 1.29 is 14.3 Å². The highest BCUT2D eigenvalue weighted by molar-refractivity contribution is 6.33. The number of hydrogen-bond donors (Lipinski definition) is 0. The molecule has 2 aromatic rings. The first-order valence-corrected chi connectivity index (χ1v) is 11.0. The van der Waals surface area contributed by atoms with Gasteiger partial charge in [0.2, 0.25) is 0 Å². The number of ether oxygens (including phenoxy) is 1. The van der Waals surface area contributed by atoms with E-state index in [2.05, 4.69) is 24.3 Å². The molecule has 0 bridgehead atoms. The second kappa shape index (κ2) is 8.05. The highest BCUT2D eigenvalue weighted by atomic mass is 35.5. The number of piperidine rings is 1. The topological polar surface area (TPSA) is 49.9 Å². The van der Waals surface area contributed by atoms with Gasteiger partial charge in [0, 0.05) is 55.0 Å². The lowest BCUT2D eigenvalue weighted by atomic mass is 9.87. The van der Waals surface area contributed by atoms with Gasteiger partial charge in [-0.05, 0) is 23.6 Å². The fourth-order valence-corrected chi connectivity index (χ4v) is 5.13. The number of ketones is 1. The van der Waals surface area contributed by atoms with Gasteiger partial charge in [-0.25, -0.2) is 4.79 Å². The minimum absolute atomic E-state index is 0.0784. The molecule has 2 amide bonds. The van der Waals surface area contributed by atoms with Crippen LogP contribution in [0.1, 0.15) is 24.3 Å². The zero-order valence-corrected chi connectivity index (χ0v) is 17.6. The van der Waals surface area contributed by atoms with Crippen LogP contribution in [0.25, 0.3) is 11.1 Å². The van der Waals surface area contributed by atoms with Gasteiger partial charge in [-0.2, -0.15) is 0 Å². The molecule has 30 heavy (non-hydrogen) atoms. The molecule has 0 radical (unpaired) electrons. The van der Waals surface area contributed by atoms with Crippen molar-refractivity contribution in [2.75, 3.05) is 32.8 Å². The van der Waals surface area contributed by atoms with Crippen LogP contribution in [-0.4, -0.2) is 60.5 Å². The molecule has 2 aromatic carbocycles. The summed E-state index contributed by atoms with van der Waals surface area (Å²) in [5.41, 5.74) is 3.31. The zero-order chi connectivity index (χ0) is 20.7. The summed E-state index contributed by atoms with van der Waals surface area (Å²) in [5.74, 6) is 0.601. The van der Waals surface area contributed by atoms with Crippen LogP contribution < -0.4 is 0 Å². The molecule has 3 fully saturated rings. The maximum atomic E-state index is 12.9. The Morgan fingerprint density at radius 2 is 1.83 bits per heavy atom. The Morgan fingerprint density at radius 3 is 2.60 bits per heavy atom. The van der Waals surface area contributed by atoms with Gasteiger partial charge in [0.25, 0.3) is 0 Å². The smallest absolute Gasteiger partial charge is 0.320 e. The summed E-state index contributed by atoms with van der Waals surface area (Å²) in [4.78, 5) is 28.4. The quantitative estimate of drug-likeness (QED) is 0.725. The average Bonchev–Trinajstić information content (AvgIpc) is 2.73. The van der Waals surface area contributed by atoms with Gasteiger partial charge in [-0.1, -0.05) is 54.1 Å². The molecule has 0 unspecified atom stereocenters. The molecular formula is C24H25ClN2O3. The van der Waals surface area contributed by atoms with E-state index in [0.717, 1.165) is 22.6 Å². The maximum absolute atomic E-state index is 12.9. The SMILES string of the molecule is O=C1CO[C@H]2CCN(C(=O)N3CC(c4ccc(-c5ccccc5)c(Cl)c4)C3)C[C@H]2C1. The van der Waals surface area contributed by atoms with Crippen LogP contribution in [-0.2, 0) is 9.53 Å². The number of carbonyl (C=O) groups is 2. The van der Waals surface area contributed by atoms with Gasteiger partial charge in [-0.3, -0.25) is 4.79 Å². The Labute approximate surface area is 181 Å². The van der Waals surface area contributed by atoms with E-state index in [4.69, 9.17) is 16.3 Å². The van der Waals surface area contributed by atoms with E-state index in [0.29, 0.717) is 38.5 Å². The molecule has 5 nitrogen and oxygen atoms in total. The van der Waals surface area contributed by atoms with E-state index in [1.807, 2.05) is 34.1 Å². The summed E-state index contributed by atoms with van der Waals surface area (Å²) >= 11 is 6.56. The molecule has 0 aromatic heterocycles. The molecule has 0 spiro atoms. The minimum atomic E-state index is 0.0784. The number of carbonyl (C=O) groups excluding carboxylic acids is 2. The lowest BCUT2D eigenvalue weighted by molar-refractivity contribution is -0.140. The van der Waals surface area contributed by atoms with E-state index in [1.54, 1.807) is 0 Å². The third-order valence-electron chi connectivity index (χ3n) is 6.58. The number of nitrogens with zero attached hydrogens (tertiary/aromatic N) is 2. The lowest BCUT2D eigenvalue weighted by Gasteiger charge is -2.46. The Hall–Kier alpha value is -2.37. The molecule has 156 valence electrons. The van der Waals surface area contributed by atoms with Gasteiger partial charge < -0.3 is 14.5 Å². The Bertz CT molecular complexity index is 958. The van der Waals surface area contributed by atoms with E-state index in [1.165, 1.54) is 5.56 Å². The van der Waals surface area contributed by atoms with E-state index in [9.17, 15) is 9.59 Å². The van der Waals surface area contributed by atoms with E-state index < -0.39 is 0 Å². The normalized spacial score (nSPS) is 24.4. The molecule has 0 saturated carbocycles. The fraction of sp³-hybridized carbons (Fsp3) is 0.417. The summed E-state index contributed by atoms with van der Waals surface area (Å²) in [6, 6.07) is 16.4. The molecule has 2 atom stereocenters. The number of likely N-dealkylation sites (tertiary alicyclic amines) is 2. The number of rotatable bonds is 2. The van der Waals surface area contributed by atoms with Crippen LogP contribution in [0.2, 0.25) is 5.02 Å². The van der Waals surface area contributed by atoms with Gasteiger partial charge in [0.1, 0.15) is 6.61 Å². The van der Waals surface area contributed by atoms with Crippen LogP contribution in [0.4, 0.5) is 4.79 Å². The van der Waals surface area contributed by atoms with Gasteiger partial charge in [0.15, 0.2) is 5.78 Å². The summed E-state index contributed by atoms with van der Waals surface area (Å²) < 4.78 is 5.64. The van der Waals surface area contributed by atoms with Gasteiger partial charge in [0.05, 0.1) is 6.10 Å². The second-order valence-corrected chi connectivity index (χ2v) is 8.98. The number of fused-ring (bicyclic) bond motifs is 1. The molecule has 5 rings (SSSR count). The number of Topliss-reactive ketones (excluding diaryl/α,β-unsaturated/α-hetero) is 1. The predicted molar refractivity (Wildman–Crippen MR) is 116 cm³/mol. The van der Waals surface area contributed by atoms with Crippen molar-refractivity contribution in [3.8, 4) is 11.1 Å². The number of amides is 2. The van der Waals surface area contributed by atoms with Crippen LogP contribution in [0.3, 0.4) is 0 Å². The molecule has 3 heterocycles. The second-order valence-electron chi connectivity index (χ2n) is 8.58.